The van der Waals surface area contributed by atoms with Crippen molar-refractivity contribution in [2.45, 2.75) is 27.4 Å². The number of esters is 1. The van der Waals surface area contributed by atoms with Gasteiger partial charge < -0.3 is 9.47 Å². The first-order valence-electron chi connectivity index (χ1n) is 8.66. The number of ether oxygens (including phenoxy) is 2. The fourth-order valence-corrected chi connectivity index (χ4v) is 2.96. The molecule has 146 valence electrons. The second-order valence-corrected chi connectivity index (χ2v) is 5.95. The summed E-state index contributed by atoms with van der Waals surface area (Å²) >= 11 is 0. The fourth-order valence-electron chi connectivity index (χ4n) is 2.96. The van der Waals surface area contributed by atoms with Gasteiger partial charge in [0.2, 0.25) is 0 Å². The summed E-state index contributed by atoms with van der Waals surface area (Å²) in [6, 6.07) is 9.86. The second-order valence-electron chi connectivity index (χ2n) is 5.95. The Morgan fingerprint density at radius 3 is 2.64 bits per heavy atom. The molecular formula is C20H19F2N3O3. The molecule has 3 aromatic rings. The van der Waals surface area contributed by atoms with Gasteiger partial charge in [0.25, 0.3) is 0 Å². The predicted molar refractivity (Wildman–Crippen MR) is 98.9 cm³/mol. The monoisotopic (exact) mass is 387 g/mol. The molecule has 6 nitrogen and oxygen atoms in total. The lowest BCUT2D eigenvalue weighted by Gasteiger charge is -2.13. The molecule has 0 fully saturated rings. The van der Waals surface area contributed by atoms with E-state index in [2.05, 4.69) is 14.8 Å². The highest BCUT2D eigenvalue weighted by Crippen LogP contribution is 2.32. The van der Waals surface area contributed by atoms with Gasteiger partial charge in [-0.3, -0.25) is 4.98 Å². The highest BCUT2D eigenvalue weighted by Gasteiger charge is 2.21. The Hall–Kier alpha value is -3.29. The van der Waals surface area contributed by atoms with Gasteiger partial charge in [0.15, 0.2) is 0 Å². The van der Waals surface area contributed by atoms with Crippen LogP contribution in [-0.2, 0) is 4.74 Å². The number of pyridine rings is 1. The number of aryl methyl sites for hydroxylation is 1. The Balaban J connectivity index is 2.11. The zero-order chi connectivity index (χ0) is 20.3. The SMILES string of the molecule is CCOC(=O)c1c(C)nn(-c2ccc(OC(F)F)c(-c3ccccn3)c2)c1C. The van der Waals surface area contributed by atoms with Gasteiger partial charge in [-0.05, 0) is 51.1 Å². The average molecular weight is 387 g/mol. The maximum Gasteiger partial charge on any atom is 0.387 e. The Kier molecular flexibility index (Phi) is 5.67. The van der Waals surface area contributed by atoms with Crippen molar-refractivity contribution >= 4 is 5.97 Å². The molecule has 28 heavy (non-hydrogen) atoms. The highest BCUT2D eigenvalue weighted by molar-refractivity contribution is 5.92. The third-order valence-electron chi connectivity index (χ3n) is 4.14. The second kappa shape index (κ2) is 8.16. The van der Waals surface area contributed by atoms with Crippen molar-refractivity contribution in [3.63, 3.8) is 0 Å². The molecule has 2 heterocycles. The molecule has 0 N–H and O–H groups in total. The summed E-state index contributed by atoms with van der Waals surface area (Å²) in [5.74, 6) is -0.448. The minimum Gasteiger partial charge on any atom is -0.462 e. The van der Waals surface area contributed by atoms with Crippen LogP contribution in [0.2, 0.25) is 0 Å². The number of aromatic nitrogens is 3. The molecule has 0 saturated carbocycles. The van der Waals surface area contributed by atoms with Crippen LogP contribution < -0.4 is 4.74 Å². The normalized spacial score (nSPS) is 10.9. The zero-order valence-corrected chi connectivity index (χ0v) is 15.6. The van der Waals surface area contributed by atoms with Crippen LogP contribution in [0.15, 0.2) is 42.6 Å². The summed E-state index contributed by atoms with van der Waals surface area (Å²) in [5, 5.41) is 4.42. The molecule has 0 radical (unpaired) electrons. The van der Waals surface area contributed by atoms with E-state index in [0.29, 0.717) is 33.9 Å². The van der Waals surface area contributed by atoms with E-state index < -0.39 is 12.6 Å². The highest BCUT2D eigenvalue weighted by atomic mass is 19.3. The Labute approximate surface area is 160 Å². The van der Waals surface area contributed by atoms with E-state index in [0.717, 1.165) is 0 Å². The smallest absolute Gasteiger partial charge is 0.387 e. The Morgan fingerprint density at radius 1 is 1.21 bits per heavy atom. The summed E-state index contributed by atoms with van der Waals surface area (Å²) < 4.78 is 36.9. The molecule has 8 heteroatoms. The Bertz CT molecular complexity index is 988. The number of benzene rings is 1. The molecule has 0 unspecified atom stereocenters. The molecule has 1 aromatic carbocycles. The number of halogens is 2. The number of nitrogens with zero attached hydrogens (tertiary/aromatic N) is 3. The van der Waals surface area contributed by atoms with Crippen molar-refractivity contribution in [2.24, 2.45) is 0 Å². The topological polar surface area (TPSA) is 66.2 Å². The lowest BCUT2D eigenvalue weighted by atomic mass is 10.1. The van der Waals surface area contributed by atoms with E-state index in [1.165, 1.54) is 6.07 Å². The van der Waals surface area contributed by atoms with E-state index in [1.54, 1.807) is 62.0 Å². The molecule has 0 aliphatic heterocycles. The van der Waals surface area contributed by atoms with Gasteiger partial charge in [0, 0.05) is 11.8 Å². The number of hydrogen-bond acceptors (Lipinski definition) is 5. The van der Waals surface area contributed by atoms with Gasteiger partial charge in [0.05, 0.1) is 29.4 Å². The first kappa shape index (κ1) is 19.5. The lowest BCUT2D eigenvalue weighted by Crippen LogP contribution is -2.08. The largest absolute Gasteiger partial charge is 0.462 e. The molecule has 0 bridgehead atoms. The van der Waals surface area contributed by atoms with Crippen molar-refractivity contribution in [2.75, 3.05) is 6.61 Å². The molecule has 0 spiro atoms. The fraction of sp³-hybridized carbons (Fsp3) is 0.250. The summed E-state index contributed by atoms with van der Waals surface area (Å²) in [7, 11) is 0. The third-order valence-corrected chi connectivity index (χ3v) is 4.14. The summed E-state index contributed by atoms with van der Waals surface area (Å²) in [4.78, 5) is 16.4. The van der Waals surface area contributed by atoms with E-state index in [9.17, 15) is 13.6 Å². The standard InChI is InChI=1S/C20H19F2N3O3/c1-4-27-19(26)18-12(2)24-25(13(18)3)14-8-9-17(28-20(21)22)15(11-14)16-7-5-6-10-23-16/h5-11,20H,4H2,1-3H3. The van der Waals surface area contributed by atoms with Crippen LogP contribution >= 0.6 is 0 Å². The molecule has 0 atom stereocenters. The molecular weight excluding hydrogens is 368 g/mol. The van der Waals surface area contributed by atoms with Crippen molar-refractivity contribution in [1.82, 2.24) is 14.8 Å². The summed E-state index contributed by atoms with van der Waals surface area (Å²) in [6.45, 7) is 2.48. The molecule has 0 aliphatic carbocycles. The van der Waals surface area contributed by atoms with Crippen molar-refractivity contribution in [3.8, 4) is 22.7 Å². The molecule has 2 aromatic heterocycles. The zero-order valence-electron chi connectivity index (χ0n) is 15.6. The van der Waals surface area contributed by atoms with Crippen molar-refractivity contribution in [1.29, 1.82) is 0 Å². The average Bonchev–Trinajstić information content (AvgIpc) is 2.97. The maximum atomic E-state index is 12.8. The van der Waals surface area contributed by atoms with Crippen molar-refractivity contribution in [3.05, 3.63) is 59.5 Å². The van der Waals surface area contributed by atoms with Gasteiger partial charge >= 0.3 is 12.6 Å². The van der Waals surface area contributed by atoms with Gasteiger partial charge in [-0.15, -0.1) is 0 Å². The van der Waals surface area contributed by atoms with Crippen LogP contribution in [0.5, 0.6) is 5.75 Å². The number of rotatable bonds is 6. The van der Waals surface area contributed by atoms with Crippen molar-refractivity contribution < 1.29 is 23.0 Å². The van der Waals surface area contributed by atoms with E-state index in [4.69, 9.17) is 4.74 Å². The van der Waals surface area contributed by atoms with Gasteiger partial charge in [-0.25, -0.2) is 9.48 Å². The van der Waals surface area contributed by atoms with E-state index in [-0.39, 0.29) is 12.4 Å². The van der Waals surface area contributed by atoms with Crippen LogP contribution in [0.3, 0.4) is 0 Å². The molecule has 0 amide bonds. The maximum absolute atomic E-state index is 12.8. The molecule has 0 aliphatic rings. The number of alkyl halides is 2. The van der Waals surface area contributed by atoms with Gasteiger partial charge in [-0.2, -0.15) is 13.9 Å². The van der Waals surface area contributed by atoms with Gasteiger partial charge in [-0.1, -0.05) is 6.07 Å². The third kappa shape index (κ3) is 3.85. The number of hydrogen-bond donors (Lipinski definition) is 0. The lowest BCUT2D eigenvalue weighted by molar-refractivity contribution is -0.0494. The minimum atomic E-state index is -2.96. The quantitative estimate of drug-likeness (QED) is 0.589. The Morgan fingerprint density at radius 2 is 2.00 bits per heavy atom. The molecule has 3 rings (SSSR count). The van der Waals surface area contributed by atoms with Crippen LogP contribution in [0.4, 0.5) is 8.78 Å². The van der Waals surface area contributed by atoms with Crippen LogP contribution in [0.1, 0.15) is 28.7 Å². The van der Waals surface area contributed by atoms with Gasteiger partial charge in [0.1, 0.15) is 11.3 Å². The van der Waals surface area contributed by atoms with Crippen LogP contribution in [0, 0.1) is 13.8 Å². The van der Waals surface area contributed by atoms with Crippen LogP contribution in [0.25, 0.3) is 16.9 Å². The number of carbonyl (C=O) groups is 1. The first-order valence-corrected chi connectivity index (χ1v) is 8.66. The predicted octanol–water partition coefficient (Wildman–Crippen LogP) is 4.33. The first-order chi connectivity index (χ1) is 13.4. The van der Waals surface area contributed by atoms with Crippen LogP contribution in [-0.4, -0.2) is 34.0 Å². The summed E-state index contributed by atoms with van der Waals surface area (Å²) in [5.41, 5.74) is 2.94. The molecule has 0 saturated heterocycles. The van der Waals surface area contributed by atoms with E-state index >= 15 is 0 Å². The number of carbonyl (C=O) groups excluding carboxylic acids is 1. The van der Waals surface area contributed by atoms with E-state index in [1.807, 2.05) is 0 Å². The summed E-state index contributed by atoms with van der Waals surface area (Å²) in [6.07, 6.45) is 1.57. The minimum absolute atomic E-state index is 0.00426.